The fourth-order valence-corrected chi connectivity index (χ4v) is 2.86. The van der Waals surface area contributed by atoms with Crippen LogP contribution < -0.4 is 16.6 Å². The lowest BCUT2D eigenvalue weighted by molar-refractivity contribution is -0.139. The highest BCUT2D eigenvalue weighted by atomic mass is 32.2. The third-order valence-corrected chi connectivity index (χ3v) is 4.40. The molecule has 0 radical (unpaired) electrons. The topological polar surface area (TPSA) is 144 Å². The third-order valence-electron chi connectivity index (χ3n) is 3.42. The molecular weight excluding hydrogens is 372 g/mol. The largest absolute Gasteiger partial charge is 0.469 e. The quantitative estimate of drug-likeness (QED) is 0.358. The molecule has 0 saturated heterocycles. The van der Waals surface area contributed by atoms with Gasteiger partial charge in [0.25, 0.3) is 5.56 Å². The summed E-state index contributed by atoms with van der Waals surface area (Å²) in [5.41, 5.74) is 5.82. The van der Waals surface area contributed by atoms with Crippen LogP contribution in [-0.2, 0) is 20.7 Å². The Bertz CT molecular complexity index is 910. The van der Waals surface area contributed by atoms with E-state index in [1.54, 1.807) is 19.1 Å². The average Bonchev–Trinajstić information content (AvgIpc) is 2.61. The standard InChI is InChI=1S/C17H18N4O5S/c1-9(16(25)19-11-5-3-10(4-6-11)15(18)24)27-17-20-12(7-13(22)21-17)8-14(23)26-2/h3-7,9H,8H2,1-2H3,(H2,18,24)(H,19,25)(H,20,21,22)/t9-/m1/s1. The van der Waals surface area contributed by atoms with Crippen molar-refractivity contribution in [1.29, 1.82) is 0 Å². The number of methoxy groups -OCH3 is 1. The van der Waals surface area contributed by atoms with Gasteiger partial charge in [-0.3, -0.25) is 19.2 Å². The van der Waals surface area contributed by atoms with E-state index in [2.05, 4.69) is 20.0 Å². The van der Waals surface area contributed by atoms with Gasteiger partial charge in [0, 0.05) is 17.3 Å². The van der Waals surface area contributed by atoms with E-state index in [1.807, 2.05) is 0 Å². The summed E-state index contributed by atoms with van der Waals surface area (Å²) in [6.45, 7) is 1.64. The Kier molecular flexibility index (Phi) is 6.72. The molecule has 1 aromatic carbocycles. The van der Waals surface area contributed by atoms with Crippen molar-refractivity contribution in [1.82, 2.24) is 9.97 Å². The number of nitrogens with two attached hydrogens (primary N) is 1. The van der Waals surface area contributed by atoms with Crippen LogP contribution in [0.15, 0.2) is 40.3 Å². The monoisotopic (exact) mass is 390 g/mol. The number of thioether (sulfide) groups is 1. The summed E-state index contributed by atoms with van der Waals surface area (Å²) in [7, 11) is 1.24. The number of nitrogens with one attached hydrogen (secondary N) is 2. The number of nitrogens with zero attached hydrogens (tertiary/aromatic N) is 1. The molecule has 0 bridgehead atoms. The summed E-state index contributed by atoms with van der Waals surface area (Å²) in [5.74, 6) is -1.40. The molecule has 27 heavy (non-hydrogen) atoms. The summed E-state index contributed by atoms with van der Waals surface area (Å²) in [6.07, 6.45) is -0.138. The first-order valence-electron chi connectivity index (χ1n) is 7.83. The maximum Gasteiger partial charge on any atom is 0.311 e. The maximum absolute atomic E-state index is 12.3. The Morgan fingerprint density at radius 1 is 1.30 bits per heavy atom. The molecule has 0 saturated carbocycles. The number of aromatic nitrogens is 2. The number of anilines is 1. The van der Waals surface area contributed by atoms with Crippen LogP contribution in [-0.4, -0.2) is 40.1 Å². The van der Waals surface area contributed by atoms with E-state index >= 15 is 0 Å². The van der Waals surface area contributed by atoms with E-state index in [4.69, 9.17) is 5.73 Å². The summed E-state index contributed by atoms with van der Waals surface area (Å²) in [5, 5.41) is 2.32. The van der Waals surface area contributed by atoms with Gasteiger partial charge in [-0.1, -0.05) is 11.8 Å². The van der Waals surface area contributed by atoms with Crippen LogP contribution in [0.1, 0.15) is 23.0 Å². The van der Waals surface area contributed by atoms with Gasteiger partial charge in [-0.15, -0.1) is 0 Å². The lowest BCUT2D eigenvalue weighted by Crippen LogP contribution is -2.23. The average molecular weight is 390 g/mol. The van der Waals surface area contributed by atoms with Crippen molar-refractivity contribution in [2.75, 3.05) is 12.4 Å². The number of amides is 2. The highest BCUT2D eigenvalue weighted by Gasteiger charge is 2.17. The predicted molar refractivity (Wildman–Crippen MR) is 99.5 cm³/mol. The Morgan fingerprint density at radius 2 is 1.96 bits per heavy atom. The van der Waals surface area contributed by atoms with Gasteiger partial charge in [0.15, 0.2) is 5.16 Å². The first-order chi connectivity index (χ1) is 12.8. The minimum absolute atomic E-state index is 0.138. The number of hydrogen-bond donors (Lipinski definition) is 3. The second-order valence-electron chi connectivity index (χ2n) is 5.49. The summed E-state index contributed by atoms with van der Waals surface area (Å²) in [6, 6.07) is 7.33. The SMILES string of the molecule is COC(=O)Cc1cc(=O)[nH]c(S[C@H](C)C(=O)Nc2ccc(C(N)=O)cc2)n1. The number of esters is 1. The molecule has 10 heteroatoms. The van der Waals surface area contributed by atoms with Gasteiger partial charge in [0.2, 0.25) is 11.8 Å². The fraction of sp³-hybridized carbons (Fsp3) is 0.235. The van der Waals surface area contributed by atoms with Crippen molar-refractivity contribution < 1.29 is 19.1 Å². The number of ether oxygens (including phenoxy) is 1. The normalized spacial score (nSPS) is 11.5. The fourth-order valence-electron chi connectivity index (χ4n) is 2.03. The zero-order valence-electron chi connectivity index (χ0n) is 14.6. The molecule has 2 aromatic rings. The van der Waals surface area contributed by atoms with Crippen LogP contribution in [0.2, 0.25) is 0 Å². The smallest absolute Gasteiger partial charge is 0.311 e. The van der Waals surface area contributed by atoms with Gasteiger partial charge >= 0.3 is 5.97 Å². The van der Waals surface area contributed by atoms with Crippen LogP contribution >= 0.6 is 11.8 Å². The number of carbonyl (C=O) groups excluding carboxylic acids is 3. The second-order valence-corrected chi connectivity index (χ2v) is 6.82. The van der Waals surface area contributed by atoms with Gasteiger partial charge < -0.3 is 20.8 Å². The van der Waals surface area contributed by atoms with Gasteiger partial charge in [-0.2, -0.15) is 0 Å². The van der Waals surface area contributed by atoms with Gasteiger partial charge in [0.05, 0.1) is 24.5 Å². The molecule has 2 rings (SSSR count). The van der Waals surface area contributed by atoms with E-state index in [9.17, 15) is 19.2 Å². The molecule has 142 valence electrons. The zero-order chi connectivity index (χ0) is 20.0. The van der Waals surface area contributed by atoms with Crippen molar-refractivity contribution in [2.45, 2.75) is 23.8 Å². The summed E-state index contributed by atoms with van der Waals surface area (Å²) in [4.78, 5) is 53.1. The van der Waals surface area contributed by atoms with E-state index in [-0.39, 0.29) is 23.2 Å². The van der Waals surface area contributed by atoms with Crippen molar-refractivity contribution in [2.24, 2.45) is 5.73 Å². The zero-order valence-corrected chi connectivity index (χ0v) is 15.5. The van der Waals surface area contributed by atoms with E-state index in [1.165, 1.54) is 25.3 Å². The van der Waals surface area contributed by atoms with Crippen LogP contribution in [0.5, 0.6) is 0 Å². The molecule has 2 amide bonds. The van der Waals surface area contributed by atoms with Crippen molar-refractivity contribution in [3.63, 3.8) is 0 Å². The maximum atomic E-state index is 12.3. The molecule has 1 aromatic heterocycles. The summed E-state index contributed by atoms with van der Waals surface area (Å²) >= 11 is 1.04. The second kappa shape index (κ2) is 8.99. The molecule has 0 unspecified atom stereocenters. The number of carbonyl (C=O) groups is 3. The van der Waals surface area contributed by atoms with Crippen LogP contribution in [0.4, 0.5) is 5.69 Å². The molecular formula is C17H18N4O5S. The van der Waals surface area contributed by atoms with E-state index in [0.29, 0.717) is 11.3 Å². The third kappa shape index (κ3) is 5.96. The van der Waals surface area contributed by atoms with E-state index in [0.717, 1.165) is 11.8 Å². The number of rotatable bonds is 7. The molecule has 1 heterocycles. The highest BCUT2D eigenvalue weighted by Crippen LogP contribution is 2.20. The molecule has 4 N–H and O–H groups in total. The molecule has 0 aliphatic carbocycles. The molecule has 1 atom stereocenters. The van der Waals surface area contributed by atoms with Crippen molar-refractivity contribution in [3.8, 4) is 0 Å². The van der Waals surface area contributed by atoms with Crippen molar-refractivity contribution >= 4 is 35.2 Å². The van der Waals surface area contributed by atoms with Gasteiger partial charge in [0.1, 0.15) is 0 Å². The molecule has 0 aliphatic rings. The highest BCUT2D eigenvalue weighted by molar-refractivity contribution is 8.00. The Labute approximate surface area is 158 Å². The Hall–Kier alpha value is -3.14. The number of benzene rings is 1. The predicted octanol–water partition coefficient (Wildman–Crippen LogP) is 0.704. The summed E-state index contributed by atoms with van der Waals surface area (Å²) < 4.78 is 4.55. The lowest BCUT2D eigenvalue weighted by Gasteiger charge is -2.12. The minimum Gasteiger partial charge on any atom is -0.469 e. The molecule has 0 aliphatic heterocycles. The van der Waals surface area contributed by atoms with Crippen LogP contribution in [0, 0.1) is 0 Å². The Balaban J connectivity index is 2.04. The Morgan fingerprint density at radius 3 is 2.56 bits per heavy atom. The molecule has 0 fully saturated rings. The number of H-pyrrole nitrogens is 1. The van der Waals surface area contributed by atoms with Gasteiger partial charge in [-0.05, 0) is 31.2 Å². The van der Waals surface area contributed by atoms with E-state index < -0.39 is 22.7 Å². The van der Waals surface area contributed by atoms with Crippen molar-refractivity contribution in [3.05, 3.63) is 51.9 Å². The minimum atomic E-state index is -0.586. The molecule has 9 nitrogen and oxygen atoms in total. The number of primary amides is 1. The first kappa shape index (κ1) is 20.2. The molecule has 0 spiro atoms. The van der Waals surface area contributed by atoms with Crippen LogP contribution in [0.3, 0.4) is 0 Å². The lowest BCUT2D eigenvalue weighted by atomic mass is 10.2. The van der Waals surface area contributed by atoms with Crippen LogP contribution in [0.25, 0.3) is 0 Å². The first-order valence-corrected chi connectivity index (χ1v) is 8.71. The van der Waals surface area contributed by atoms with Gasteiger partial charge in [-0.25, -0.2) is 4.98 Å². The number of aromatic amines is 1. The number of hydrogen-bond acceptors (Lipinski definition) is 7.